The third-order valence-corrected chi connectivity index (χ3v) is 1.53. The highest BCUT2D eigenvalue weighted by Gasteiger charge is 1.94. The first-order valence-electron chi connectivity index (χ1n) is 4.08. The van der Waals surface area contributed by atoms with Crippen molar-refractivity contribution in [2.75, 3.05) is 0 Å². The Bertz CT molecular complexity index is 121. The van der Waals surface area contributed by atoms with Crippen LogP contribution in [0.3, 0.4) is 0 Å². The second-order valence-corrected chi connectivity index (χ2v) is 2.56. The molecule has 0 aliphatic heterocycles. The second kappa shape index (κ2) is 6.57. The quantitative estimate of drug-likeness (QED) is 0.537. The van der Waals surface area contributed by atoms with Crippen molar-refractivity contribution in [1.29, 1.82) is 0 Å². The summed E-state index contributed by atoms with van der Waals surface area (Å²) in [6, 6.07) is 0. The van der Waals surface area contributed by atoms with E-state index in [2.05, 4.69) is 13.8 Å². The van der Waals surface area contributed by atoms with E-state index in [0.717, 1.165) is 37.7 Å². The summed E-state index contributed by atoms with van der Waals surface area (Å²) < 4.78 is 0. The molecule has 0 amide bonds. The van der Waals surface area contributed by atoms with E-state index in [9.17, 15) is 4.79 Å². The molecule has 0 heterocycles. The van der Waals surface area contributed by atoms with Crippen LogP contribution < -0.4 is 0 Å². The first-order chi connectivity index (χ1) is 4.85. The number of allylic oxidation sites excluding steroid dienone is 1. The number of hydrogen-bond donors (Lipinski definition) is 0. The summed E-state index contributed by atoms with van der Waals surface area (Å²) in [5, 5.41) is 0. The Morgan fingerprint density at radius 1 is 1.20 bits per heavy atom. The van der Waals surface area contributed by atoms with Crippen LogP contribution in [0.4, 0.5) is 0 Å². The van der Waals surface area contributed by atoms with E-state index in [1.165, 1.54) is 0 Å². The maximum absolute atomic E-state index is 10.2. The maximum atomic E-state index is 10.2. The third-order valence-electron chi connectivity index (χ3n) is 1.53. The van der Waals surface area contributed by atoms with Crippen LogP contribution in [-0.4, -0.2) is 5.94 Å². The van der Waals surface area contributed by atoms with Gasteiger partial charge in [-0.15, -0.1) is 0 Å². The Morgan fingerprint density at radius 2 is 1.90 bits per heavy atom. The van der Waals surface area contributed by atoms with E-state index in [1.54, 1.807) is 0 Å². The normalized spacial score (nSPS) is 9.00. The fraction of sp³-hybridized carbons (Fsp3) is 0.778. The van der Waals surface area contributed by atoms with Gasteiger partial charge in [-0.1, -0.05) is 26.7 Å². The second-order valence-electron chi connectivity index (χ2n) is 2.56. The molecular formula is C9H16O. The number of unbranched alkanes of at least 4 members (excludes halogenated alkanes) is 1. The van der Waals surface area contributed by atoms with Crippen molar-refractivity contribution in [3.8, 4) is 0 Å². The van der Waals surface area contributed by atoms with E-state index in [0.29, 0.717) is 0 Å². The standard InChI is InChI=1S/C9H16O/c1-3-5-7-9(8-10)6-4-2/h3-7H2,1-2H3. The molecule has 0 N–H and O–H groups in total. The lowest BCUT2D eigenvalue weighted by Gasteiger charge is -1.97. The van der Waals surface area contributed by atoms with Crippen molar-refractivity contribution in [3.05, 3.63) is 5.57 Å². The monoisotopic (exact) mass is 140 g/mol. The van der Waals surface area contributed by atoms with Gasteiger partial charge >= 0.3 is 0 Å². The van der Waals surface area contributed by atoms with Crippen molar-refractivity contribution in [3.63, 3.8) is 0 Å². The lowest BCUT2D eigenvalue weighted by molar-refractivity contribution is 0.563. The lowest BCUT2D eigenvalue weighted by Crippen LogP contribution is -1.83. The van der Waals surface area contributed by atoms with Crippen LogP contribution in [0.2, 0.25) is 0 Å². The van der Waals surface area contributed by atoms with Gasteiger partial charge in [-0.05, 0) is 19.3 Å². The molecule has 0 aromatic heterocycles. The van der Waals surface area contributed by atoms with E-state index >= 15 is 0 Å². The molecule has 0 aliphatic carbocycles. The highest BCUT2D eigenvalue weighted by molar-refractivity contribution is 5.51. The largest absolute Gasteiger partial charge is 0.234 e. The minimum absolute atomic E-state index is 0.934. The molecule has 0 aliphatic rings. The average molecular weight is 140 g/mol. The molecule has 0 unspecified atom stereocenters. The van der Waals surface area contributed by atoms with Gasteiger partial charge in [0.15, 0.2) is 0 Å². The highest BCUT2D eigenvalue weighted by atomic mass is 16.1. The van der Waals surface area contributed by atoms with Gasteiger partial charge in [-0.3, -0.25) is 0 Å². The van der Waals surface area contributed by atoms with Crippen LogP contribution in [0, 0.1) is 0 Å². The predicted molar refractivity (Wildman–Crippen MR) is 43.6 cm³/mol. The zero-order valence-electron chi connectivity index (χ0n) is 6.94. The molecular weight excluding hydrogens is 124 g/mol. The lowest BCUT2D eigenvalue weighted by atomic mass is 10.1. The molecule has 1 nitrogen and oxygen atoms in total. The third kappa shape index (κ3) is 4.34. The fourth-order valence-corrected chi connectivity index (χ4v) is 0.919. The van der Waals surface area contributed by atoms with Gasteiger partial charge in [0, 0.05) is 5.57 Å². The predicted octanol–water partition coefficient (Wildman–Crippen LogP) is 2.73. The minimum atomic E-state index is 0.934. The van der Waals surface area contributed by atoms with Gasteiger partial charge in [-0.25, -0.2) is 4.79 Å². The Kier molecular flexibility index (Phi) is 6.21. The summed E-state index contributed by atoms with van der Waals surface area (Å²) in [5.74, 6) is 2.00. The fourth-order valence-electron chi connectivity index (χ4n) is 0.919. The molecule has 0 aromatic rings. The summed E-state index contributed by atoms with van der Waals surface area (Å²) >= 11 is 0. The van der Waals surface area contributed by atoms with Crippen LogP contribution in [0.5, 0.6) is 0 Å². The van der Waals surface area contributed by atoms with Crippen molar-refractivity contribution in [1.82, 2.24) is 0 Å². The topological polar surface area (TPSA) is 17.1 Å². The van der Waals surface area contributed by atoms with Gasteiger partial charge in [0.25, 0.3) is 0 Å². The Morgan fingerprint density at radius 3 is 2.30 bits per heavy atom. The first kappa shape index (κ1) is 9.45. The van der Waals surface area contributed by atoms with E-state index in [-0.39, 0.29) is 0 Å². The van der Waals surface area contributed by atoms with Crippen LogP contribution in [0.1, 0.15) is 46.0 Å². The Hall–Kier alpha value is -0.550. The SMILES string of the molecule is CCCCC(=C=O)CCC. The Balaban J connectivity index is 3.52. The smallest absolute Gasteiger partial charge is 0.123 e. The summed E-state index contributed by atoms with van der Waals surface area (Å²) in [6.45, 7) is 4.22. The van der Waals surface area contributed by atoms with Crippen molar-refractivity contribution in [2.24, 2.45) is 0 Å². The number of carbonyl (C=O) groups excluding carboxylic acids is 1. The molecule has 0 spiro atoms. The van der Waals surface area contributed by atoms with Crippen molar-refractivity contribution < 1.29 is 4.79 Å². The number of rotatable bonds is 5. The van der Waals surface area contributed by atoms with Crippen LogP contribution >= 0.6 is 0 Å². The van der Waals surface area contributed by atoms with E-state index in [4.69, 9.17) is 0 Å². The molecule has 0 bridgehead atoms. The van der Waals surface area contributed by atoms with E-state index < -0.39 is 0 Å². The molecule has 0 atom stereocenters. The van der Waals surface area contributed by atoms with Gasteiger partial charge < -0.3 is 0 Å². The zero-order valence-corrected chi connectivity index (χ0v) is 6.94. The summed E-state index contributed by atoms with van der Waals surface area (Å²) in [6.07, 6.45) is 5.24. The van der Waals surface area contributed by atoms with Gasteiger partial charge in [0.05, 0.1) is 0 Å². The van der Waals surface area contributed by atoms with Crippen molar-refractivity contribution in [2.45, 2.75) is 46.0 Å². The molecule has 0 saturated heterocycles. The molecule has 10 heavy (non-hydrogen) atoms. The van der Waals surface area contributed by atoms with Gasteiger partial charge in [0.2, 0.25) is 0 Å². The van der Waals surface area contributed by atoms with Crippen LogP contribution in [-0.2, 0) is 4.79 Å². The van der Waals surface area contributed by atoms with Crippen molar-refractivity contribution >= 4 is 5.94 Å². The van der Waals surface area contributed by atoms with Crippen LogP contribution in [0.25, 0.3) is 0 Å². The zero-order chi connectivity index (χ0) is 7.82. The summed E-state index contributed by atoms with van der Waals surface area (Å²) in [5.41, 5.74) is 0.962. The minimum Gasteiger partial charge on any atom is -0.234 e. The molecule has 0 saturated carbocycles. The molecule has 0 fully saturated rings. The first-order valence-corrected chi connectivity index (χ1v) is 4.08. The van der Waals surface area contributed by atoms with Crippen LogP contribution in [0.15, 0.2) is 5.57 Å². The molecule has 0 rings (SSSR count). The number of hydrogen-bond acceptors (Lipinski definition) is 1. The van der Waals surface area contributed by atoms with E-state index in [1.807, 2.05) is 5.94 Å². The van der Waals surface area contributed by atoms with Gasteiger partial charge in [-0.2, -0.15) is 0 Å². The Labute approximate surface area is 63.1 Å². The molecule has 58 valence electrons. The van der Waals surface area contributed by atoms with Gasteiger partial charge in [0.1, 0.15) is 5.94 Å². The highest BCUT2D eigenvalue weighted by Crippen LogP contribution is 2.09. The molecule has 1 heteroatoms. The maximum Gasteiger partial charge on any atom is 0.123 e. The summed E-state index contributed by atoms with van der Waals surface area (Å²) in [7, 11) is 0. The average Bonchev–Trinajstić information content (AvgIpc) is 1.98. The summed E-state index contributed by atoms with van der Waals surface area (Å²) in [4.78, 5) is 10.2. The molecule has 0 aromatic carbocycles. The molecule has 0 radical (unpaired) electrons.